The van der Waals surface area contributed by atoms with Crippen LogP contribution >= 0.6 is 15.9 Å². The maximum absolute atomic E-state index is 11.9. The van der Waals surface area contributed by atoms with Crippen molar-refractivity contribution in [3.05, 3.63) is 33.8 Å². The molecule has 0 aliphatic carbocycles. The Morgan fingerprint density at radius 3 is 2.53 bits per heavy atom. The van der Waals surface area contributed by atoms with Gasteiger partial charge in [0, 0.05) is 16.6 Å². The Morgan fingerprint density at radius 1 is 1.35 bits per heavy atom. The van der Waals surface area contributed by atoms with Gasteiger partial charge in [-0.25, -0.2) is 0 Å². The van der Waals surface area contributed by atoms with E-state index < -0.39 is 25.0 Å². The van der Waals surface area contributed by atoms with Crippen molar-refractivity contribution in [2.45, 2.75) is 19.5 Å². The van der Waals surface area contributed by atoms with Crippen LogP contribution in [0.5, 0.6) is 0 Å². The zero-order valence-corrected chi connectivity index (χ0v) is 10.7. The number of carbonyl (C=O) groups excluding carboxylic acids is 1. The molecule has 0 heterocycles. The Balaban J connectivity index is 2.58. The molecule has 0 saturated carbocycles. The van der Waals surface area contributed by atoms with E-state index in [0.29, 0.717) is 5.56 Å². The van der Waals surface area contributed by atoms with E-state index >= 15 is 0 Å². The highest BCUT2D eigenvalue weighted by molar-refractivity contribution is 9.10. The standard InChI is InChI=1S/C11H11BrF3NO/c1-7-4-8(6-9(12)5-7)10(17)16-3-2-11(13,14)15/h4-6H,2-3H2,1H3,(H,16,17). The van der Waals surface area contributed by atoms with Crippen LogP contribution in [-0.2, 0) is 0 Å². The highest BCUT2D eigenvalue weighted by Crippen LogP contribution is 2.18. The minimum Gasteiger partial charge on any atom is -0.352 e. The normalized spacial score (nSPS) is 11.4. The van der Waals surface area contributed by atoms with E-state index in [1.165, 1.54) is 0 Å². The number of nitrogens with one attached hydrogen (secondary N) is 1. The number of halogens is 4. The summed E-state index contributed by atoms with van der Waals surface area (Å²) in [6.07, 6.45) is -5.27. The minimum absolute atomic E-state index is 0.346. The molecule has 0 aliphatic rings. The molecule has 0 fully saturated rings. The van der Waals surface area contributed by atoms with Crippen LogP contribution < -0.4 is 5.32 Å². The molecule has 0 aliphatic heterocycles. The molecule has 0 unspecified atom stereocenters. The van der Waals surface area contributed by atoms with E-state index in [2.05, 4.69) is 21.2 Å². The zero-order valence-electron chi connectivity index (χ0n) is 9.07. The Bertz CT molecular complexity index is 397. The molecule has 0 atom stereocenters. The fraction of sp³-hybridized carbons (Fsp3) is 0.364. The lowest BCUT2D eigenvalue weighted by atomic mass is 10.1. The molecule has 2 nitrogen and oxygen atoms in total. The van der Waals surface area contributed by atoms with Crippen LogP contribution in [-0.4, -0.2) is 18.6 Å². The van der Waals surface area contributed by atoms with Crippen molar-refractivity contribution in [3.8, 4) is 0 Å². The first-order chi connectivity index (χ1) is 7.78. The van der Waals surface area contributed by atoms with E-state index in [-0.39, 0.29) is 0 Å². The van der Waals surface area contributed by atoms with Crippen LogP contribution in [0.3, 0.4) is 0 Å². The molecule has 1 N–H and O–H groups in total. The summed E-state index contributed by atoms with van der Waals surface area (Å²) in [7, 11) is 0. The first-order valence-corrected chi connectivity index (χ1v) is 5.69. The van der Waals surface area contributed by atoms with Gasteiger partial charge in [0.05, 0.1) is 6.42 Å². The number of aryl methyl sites for hydroxylation is 1. The molecule has 0 radical (unpaired) electrons. The van der Waals surface area contributed by atoms with Gasteiger partial charge in [-0.2, -0.15) is 13.2 Å². The Labute approximate surface area is 105 Å². The van der Waals surface area contributed by atoms with E-state index in [0.717, 1.165) is 10.0 Å². The van der Waals surface area contributed by atoms with Gasteiger partial charge in [0.2, 0.25) is 0 Å². The lowest BCUT2D eigenvalue weighted by Crippen LogP contribution is -2.27. The molecule has 17 heavy (non-hydrogen) atoms. The summed E-state index contributed by atoms with van der Waals surface area (Å²) < 4.78 is 36.4. The summed E-state index contributed by atoms with van der Waals surface area (Å²) >= 11 is 3.22. The average molecular weight is 310 g/mol. The lowest BCUT2D eigenvalue weighted by molar-refractivity contribution is -0.132. The number of hydrogen-bond acceptors (Lipinski definition) is 1. The fourth-order valence-electron chi connectivity index (χ4n) is 1.29. The van der Waals surface area contributed by atoms with Crippen LogP contribution in [0.15, 0.2) is 22.7 Å². The largest absolute Gasteiger partial charge is 0.390 e. The second-order valence-electron chi connectivity index (χ2n) is 3.64. The highest BCUT2D eigenvalue weighted by Gasteiger charge is 2.26. The van der Waals surface area contributed by atoms with Crippen molar-refractivity contribution in [2.75, 3.05) is 6.54 Å². The first kappa shape index (κ1) is 14.0. The summed E-state index contributed by atoms with van der Waals surface area (Å²) in [4.78, 5) is 11.5. The zero-order chi connectivity index (χ0) is 13.1. The molecule has 1 aromatic rings. The van der Waals surface area contributed by atoms with Gasteiger partial charge in [-0.3, -0.25) is 4.79 Å². The quantitative estimate of drug-likeness (QED) is 0.910. The molecule has 0 saturated heterocycles. The van der Waals surface area contributed by atoms with Crippen molar-refractivity contribution in [1.82, 2.24) is 5.32 Å². The summed E-state index contributed by atoms with van der Waals surface area (Å²) in [6, 6.07) is 5.00. The fourth-order valence-corrected chi connectivity index (χ4v) is 1.89. The number of alkyl halides is 3. The predicted molar refractivity (Wildman–Crippen MR) is 61.9 cm³/mol. The van der Waals surface area contributed by atoms with Crippen molar-refractivity contribution < 1.29 is 18.0 Å². The smallest absolute Gasteiger partial charge is 0.352 e. The molecule has 0 spiro atoms. The summed E-state index contributed by atoms with van der Waals surface area (Å²) in [5, 5.41) is 2.23. The van der Waals surface area contributed by atoms with E-state index in [1.54, 1.807) is 19.1 Å². The second kappa shape index (κ2) is 5.53. The van der Waals surface area contributed by atoms with Crippen LogP contribution in [0, 0.1) is 6.92 Å². The van der Waals surface area contributed by atoms with Crippen molar-refractivity contribution in [2.24, 2.45) is 0 Å². The van der Waals surface area contributed by atoms with Crippen molar-refractivity contribution >= 4 is 21.8 Å². The molecule has 1 aromatic carbocycles. The molecule has 6 heteroatoms. The van der Waals surface area contributed by atoms with Gasteiger partial charge in [-0.15, -0.1) is 0 Å². The summed E-state index contributed by atoms with van der Waals surface area (Å²) in [5.41, 5.74) is 1.21. The van der Waals surface area contributed by atoms with Crippen LogP contribution in [0.2, 0.25) is 0 Å². The van der Waals surface area contributed by atoms with Gasteiger partial charge < -0.3 is 5.32 Å². The third kappa shape index (κ3) is 5.21. The predicted octanol–water partition coefficient (Wildman–Crippen LogP) is 3.44. The third-order valence-electron chi connectivity index (χ3n) is 2.00. The number of rotatable bonds is 3. The number of benzene rings is 1. The maximum atomic E-state index is 11.9. The van der Waals surface area contributed by atoms with Gasteiger partial charge in [0.15, 0.2) is 0 Å². The molecular formula is C11H11BrF3NO. The van der Waals surface area contributed by atoms with E-state index in [1.807, 2.05) is 6.07 Å². The number of hydrogen-bond donors (Lipinski definition) is 1. The topological polar surface area (TPSA) is 29.1 Å². The van der Waals surface area contributed by atoms with Gasteiger partial charge in [0.1, 0.15) is 0 Å². The Hall–Kier alpha value is -1.04. The number of amides is 1. The van der Waals surface area contributed by atoms with Crippen LogP contribution in [0.1, 0.15) is 22.3 Å². The molecule has 1 rings (SSSR count). The maximum Gasteiger partial charge on any atom is 0.390 e. The SMILES string of the molecule is Cc1cc(Br)cc(C(=O)NCCC(F)(F)F)c1. The molecule has 1 amide bonds. The monoisotopic (exact) mass is 309 g/mol. The molecule has 0 bridgehead atoms. The molecule has 94 valence electrons. The van der Waals surface area contributed by atoms with Gasteiger partial charge >= 0.3 is 6.18 Å². The Morgan fingerprint density at radius 2 is 2.00 bits per heavy atom. The first-order valence-electron chi connectivity index (χ1n) is 4.90. The van der Waals surface area contributed by atoms with Crippen molar-refractivity contribution in [1.29, 1.82) is 0 Å². The van der Waals surface area contributed by atoms with Gasteiger partial charge in [0.25, 0.3) is 5.91 Å². The summed E-state index contributed by atoms with van der Waals surface area (Å²) in [5.74, 6) is -0.501. The number of carbonyl (C=O) groups is 1. The van der Waals surface area contributed by atoms with Crippen LogP contribution in [0.4, 0.5) is 13.2 Å². The van der Waals surface area contributed by atoms with E-state index in [4.69, 9.17) is 0 Å². The Kier molecular flexibility index (Phi) is 4.56. The van der Waals surface area contributed by atoms with Gasteiger partial charge in [-0.05, 0) is 30.7 Å². The summed E-state index contributed by atoms with van der Waals surface area (Å²) in [6.45, 7) is 1.39. The van der Waals surface area contributed by atoms with Crippen molar-refractivity contribution in [3.63, 3.8) is 0 Å². The molecule has 0 aromatic heterocycles. The van der Waals surface area contributed by atoms with Gasteiger partial charge in [-0.1, -0.05) is 15.9 Å². The third-order valence-corrected chi connectivity index (χ3v) is 2.46. The van der Waals surface area contributed by atoms with Crippen LogP contribution in [0.25, 0.3) is 0 Å². The highest BCUT2D eigenvalue weighted by atomic mass is 79.9. The molecular weight excluding hydrogens is 299 g/mol. The minimum atomic E-state index is -4.25. The second-order valence-corrected chi connectivity index (χ2v) is 4.55. The average Bonchev–Trinajstić information content (AvgIpc) is 2.13. The lowest BCUT2D eigenvalue weighted by Gasteiger charge is -2.08. The van der Waals surface area contributed by atoms with E-state index in [9.17, 15) is 18.0 Å².